The molecule has 8 heteroatoms. The first-order valence-electron chi connectivity index (χ1n) is 9.96. The molecule has 0 aliphatic carbocycles. The lowest BCUT2D eigenvalue weighted by atomic mass is 10.1. The smallest absolute Gasteiger partial charge is 0.266 e. The van der Waals surface area contributed by atoms with Gasteiger partial charge in [-0.1, -0.05) is 42.1 Å². The number of para-hydroxylation sites is 2. The zero-order valence-electron chi connectivity index (χ0n) is 17.8. The number of thiazole rings is 1. The Kier molecular flexibility index (Phi) is 6.21. The van der Waals surface area contributed by atoms with Crippen molar-refractivity contribution < 1.29 is 4.79 Å². The first-order valence-corrected chi connectivity index (χ1v) is 11.8. The predicted molar refractivity (Wildman–Crippen MR) is 128 cm³/mol. The zero-order valence-corrected chi connectivity index (χ0v) is 19.5. The number of rotatable bonds is 6. The van der Waals surface area contributed by atoms with E-state index in [9.17, 15) is 14.9 Å². The van der Waals surface area contributed by atoms with Gasteiger partial charge in [0.2, 0.25) is 0 Å². The number of thioether (sulfide) groups is 1. The summed E-state index contributed by atoms with van der Waals surface area (Å²) in [6, 6.07) is 15.1. The molecule has 0 N–H and O–H groups in total. The average Bonchev–Trinajstić information content (AvgIpc) is 3.20. The highest BCUT2D eigenvalue weighted by molar-refractivity contribution is 7.99. The van der Waals surface area contributed by atoms with Gasteiger partial charge in [-0.05, 0) is 44.0 Å². The molecule has 4 rings (SSSR count). The molecule has 0 aliphatic heterocycles. The second kappa shape index (κ2) is 9.07. The molecule has 0 bridgehead atoms. The van der Waals surface area contributed by atoms with Gasteiger partial charge in [0.25, 0.3) is 5.56 Å². The number of fused-ring (bicyclic) bond motifs is 1. The first-order chi connectivity index (χ1) is 15.4. The quantitative estimate of drug-likeness (QED) is 0.305. The van der Waals surface area contributed by atoms with E-state index in [0.717, 1.165) is 22.5 Å². The maximum atomic E-state index is 13.5. The van der Waals surface area contributed by atoms with Gasteiger partial charge in [-0.2, -0.15) is 5.26 Å². The number of carbonyl (C=O) groups is 1. The molecule has 0 saturated heterocycles. The monoisotopic (exact) mass is 460 g/mol. The van der Waals surface area contributed by atoms with Gasteiger partial charge in [0.15, 0.2) is 16.9 Å². The van der Waals surface area contributed by atoms with Gasteiger partial charge in [0, 0.05) is 11.1 Å². The number of nitriles is 1. The third-order valence-electron chi connectivity index (χ3n) is 5.09. The van der Waals surface area contributed by atoms with Crippen molar-refractivity contribution >= 4 is 39.8 Å². The zero-order chi connectivity index (χ0) is 22.8. The van der Waals surface area contributed by atoms with E-state index >= 15 is 0 Å². The molecule has 1 atom stereocenters. The van der Waals surface area contributed by atoms with Gasteiger partial charge in [-0.3, -0.25) is 14.2 Å². The fraction of sp³-hybridized carbons (Fsp3) is 0.208. The first kappa shape index (κ1) is 21.9. The van der Waals surface area contributed by atoms with E-state index in [-0.39, 0.29) is 17.1 Å². The van der Waals surface area contributed by atoms with E-state index in [1.165, 1.54) is 23.1 Å². The molecule has 0 spiro atoms. The van der Waals surface area contributed by atoms with E-state index in [1.807, 2.05) is 56.5 Å². The summed E-state index contributed by atoms with van der Waals surface area (Å²) >= 11 is 2.48. The Morgan fingerprint density at radius 2 is 1.84 bits per heavy atom. The van der Waals surface area contributed by atoms with E-state index in [4.69, 9.17) is 4.98 Å². The summed E-state index contributed by atoms with van der Waals surface area (Å²) in [5.41, 5.74) is 3.80. The van der Waals surface area contributed by atoms with Crippen LogP contribution >= 0.6 is 23.1 Å². The molecule has 32 heavy (non-hydrogen) atoms. The summed E-state index contributed by atoms with van der Waals surface area (Å²) in [5, 5.41) is 12.8. The molecule has 2 aromatic heterocycles. The molecule has 6 nitrogen and oxygen atoms in total. The van der Waals surface area contributed by atoms with Crippen LogP contribution in [0.2, 0.25) is 0 Å². The van der Waals surface area contributed by atoms with E-state index in [1.54, 1.807) is 16.7 Å². The Balaban J connectivity index is 1.78. The lowest BCUT2D eigenvalue weighted by molar-refractivity contribution is -0.116. The van der Waals surface area contributed by atoms with Crippen molar-refractivity contribution in [1.82, 2.24) is 14.5 Å². The van der Waals surface area contributed by atoms with Crippen LogP contribution < -0.4 is 5.56 Å². The van der Waals surface area contributed by atoms with Crippen LogP contribution in [0.4, 0.5) is 0 Å². The number of ketones is 1. The van der Waals surface area contributed by atoms with Crippen LogP contribution in [0.5, 0.6) is 0 Å². The minimum atomic E-state index is -0.929. The Morgan fingerprint density at radius 3 is 2.50 bits per heavy atom. The number of Topliss-reactive ketones (excluding diaryl/α,β-unsaturated/α-hetero) is 1. The Bertz CT molecular complexity index is 1410. The Morgan fingerprint density at radius 1 is 1.12 bits per heavy atom. The molecule has 0 aliphatic rings. The maximum Gasteiger partial charge on any atom is 0.266 e. The molecule has 0 fully saturated rings. The molecular weight excluding hydrogens is 440 g/mol. The summed E-state index contributed by atoms with van der Waals surface area (Å²) in [4.78, 5) is 35.4. The molecule has 0 radical (unpaired) electrons. The molecule has 2 aromatic carbocycles. The SMILES string of the molecule is Cc1csc(C(C#N)C(=O)CSc2nc3ccccc3c(=O)n2-c2c(C)cccc2C)n1. The van der Waals surface area contributed by atoms with Crippen LogP contribution in [0.1, 0.15) is 27.7 Å². The van der Waals surface area contributed by atoms with Crippen LogP contribution in [0, 0.1) is 32.1 Å². The van der Waals surface area contributed by atoms with E-state index in [0.29, 0.717) is 21.1 Å². The van der Waals surface area contributed by atoms with Crippen LogP contribution in [-0.2, 0) is 4.79 Å². The number of hydrogen-bond acceptors (Lipinski definition) is 7. The molecular formula is C24H20N4O2S2. The molecule has 4 aromatic rings. The molecule has 0 saturated carbocycles. The van der Waals surface area contributed by atoms with Crippen molar-refractivity contribution in [1.29, 1.82) is 5.26 Å². The highest BCUT2D eigenvalue weighted by atomic mass is 32.2. The van der Waals surface area contributed by atoms with Crippen LogP contribution in [0.3, 0.4) is 0 Å². The number of aryl methyl sites for hydroxylation is 3. The third-order valence-corrected chi connectivity index (χ3v) is 7.07. The van der Waals surface area contributed by atoms with Crippen molar-refractivity contribution in [2.45, 2.75) is 31.8 Å². The highest BCUT2D eigenvalue weighted by Crippen LogP contribution is 2.28. The predicted octanol–water partition coefficient (Wildman–Crippen LogP) is 4.74. The van der Waals surface area contributed by atoms with Crippen LogP contribution in [0.25, 0.3) is 16.6 Å². The minimum Gasteiger partial charge on any atom is -0.297 e. The van der Waals surface area contributed by atoms with Gasteiger partial charge in [0.05, 0.1) is 28.4 Å². The topological polar surface area (TPSA) is 88.6 Å². The van der Waals surface area contributed by atoms with Gasteiger partial charge in [-0.25, -0.2) is 9.97 Å². The third kappa shape index (κ3) is 4.09. The van der Waals surface area contributed by atoms with Crippen molar-refractivity contribution in [3.8, 4) is 11.8 Å². The number of nitrogens with zero attached hydrogens (tertiary/aromatic N) is 4. The summed E-state index contributed by atoms with van der Waals surface area (Å²) in [7, 11) is 0. The number of hydrogen-bond donors (Lipinski definition) is 0. The van der Waals surface area contributed by atoms with Crippen molar-refractivity contribution in [3.63, 3.8) is 0 Å². The molecule has 0 amide bonds. The lowest BCUT2D eigenvalue weighted by Crippen LogP contribution is -2.24. The van der Waals surface area contributed by atoms with Crippen molar-refractivity contribution in [2.24, 2.45) is 0 Å². The van der Waals surface area contributed by atoms with Gasteiger partial charge < -0.3 is 0 Å². The average molecular weight is 461 g/mol. The standard InChI is InChI=1S/C24H20N4O2S2/c1-14-7-6-8-15(2)21(14)28-23(30)17-9-4-5-10-19(17)27-24(28)32-13-20(29)18(11-25)22-26-16(3)12-31-22/h4-10,12,18H,13H2,1-3H3. The highest BCUT2D eigenvalue weighted by Gasteiger charge is 2.25. The van der Waals surface area contributed by atoms with Crippen LogP contribution in [0.15, 0.2) is 57.8 Å². The number of carbonyl (C=O) groups excluding carboxylic acids is 1. The van der Waals surface area contributed by atoms with Crippen molar-refractivity contribution in [2.75, 3.05) is 5.75 Å². The van der Waals surface area contributed by atoms with Crippen LogP contribution in [-0.4, -0.2) is 26.1 Å². The number of benzene rings is 2. The lowest BCUT2D eigenvalue weighted by Gasteiger charge is -2.17. The maximum absolute atomic E-state index is 13.5. The fourth-order valence-corrected chi connectivity index (χ4v) is 5.32. The largest absolute Gasteiger partial charge is 0.297 e. The van der Waals surface area contributed by atoms with Crippen molar-refractivity contribution in [3.05, 3.63) is 80.0 Å². The number of aromatic nitrogens is 3. The summed E-state index contributed by atoms with van der Waals surface area (Å²) in [6.45, 7) is 5.72. The fourth-order valence-electron chi connectivity index (χ4n) is 3.55. The molecule has 2 heterocycles. The summed E-state index contributed by atoms with van der Waals surface area (Å²) in [5.74, 6) is -1.18. The second-order valence-corrected chi connectivity index (χ2v) is 9.27. The van der Waals surface area contributed by atoms with Gasteiger partial charge in [0.1, 0.15) is 5.01 Å². The second-order valence-electron chi connectivity index (χ2n) is 7.44. The van der Waals surface area contributed by atoms with E-state index in [2.05, 4.69) is 11.1 Å². The summed E-state index contributed by atoms with van der Waals surface area (Å²) < 4.78 is 1.58. The van der Waals surface area contributed by atoms with E-state index < -0.39 is 5.92 Å². The molecule has 1 unspecified atom stereocenters. The van der Waals surface area contributed by atoms with Gasteiger partial charge in [-0.15, -0.1) is 11.3 Å². The Labute approximate surface area is 193 Å². The normalized spacial score (nSPS) is 11.9. The summed E-state index contributed by atoms with van der Waals surface area (Å²) in [6.07, 6.45) is 0. The minimum absolute atomic E-state index is 0.00651. The van der Waals surface area contributed by atoms with Gasteiger partial charge >= 0.3 is 0 Å². The molecule has 160 valence electrons. The Hall–Kier alpha value is -3.28.